The molecule has 0 spiro atoms. The lowest BCUT2D eigenvalue weighted by atomic mass is 9.84. The number of carbonyl (C=O) groups is 2. The molecule has 1 saturated carbocycles. The standard InChI is InChI=1S/C34H60O6Si2/c1-33(2,3)41(7,8)39-29-24-30(40-42(9,10)34(4,5)6)27(26(29)20-16-11-12-17-21-31(36)37)22-23-28(35)32(38)25-18-14-13-15-19-25/h13-15,18-19,26-30,35H,11-12,16-17,20-24H2,1-10H3,(H,36,37)/t26-,27-,28?,29+,30?/m1/s1. The zero-order chi connectivity index (χ0) is 31.9. The summed E-state index contributed by atoms with van der Waals surface area (Å²) in [7, 11) is -4.14. The Kier molecular flexibility index (Phi) is 13.3. The van der Waals surface area contributed by atoms with Gasteiger partial charge in [-0.3, -0.25) is 9.59 Å². The molecule has 2 N–H and O–H groups in total. The van der Waals surface area contributed by atoms with Gasteiger partial charge >= 0.3 is 5.97 Å². The first kappa shape index (κ1) is 36.9. The average Bonchev–Trinajstić information content (AvgIpc) is 3.17. The van der Waals surface area contributed by atoms with E-state index in [2.05, 4.69) is 67.7 Å². The monoisotopic (exact) mass is 620 g/mol. The SMILES string of the molecule is CC(C)(C)[Si](C)(C)OC1C[C@H](O[Si](C)(C)C(C)(C)C)[C@H](CCCCCCC(=O)O)[C@H]1CCC(O)C(=O)c1ccccc1. The third kappa shape index (κ3) is 10.4. The average molecular weight is 621 g/mol. The van der Waals surface area contributed by atoms with Crippen LogP contribution >= 0.6 is 0 Å². The van der Waals surface area contributed by atoms with Crippen LogP contribution in [0.25, 0.3) is 0 Å². The summed E-state index contributed by atoms with van der Waals surface area (Å²) in [5.74, 6) is -0.499. The molecule has 0 saturated heterocycles. The molecule has 5 atom stereocenters. The van der Waals surface area contributed by atoms with Crippen LogP contribution in [0.3, 0.4) is 0 Å². The van der Waals surface area contributed by atoms with Gasteiger partial charge in [0.15, 0.2) is 22.4 Å². The van der Waals surface area contributed by atoms with Gasteiger partial charge in [-0.1, -0.05) is 91.1 Å². The van der Waals surface area contributed by atoms with Crippen molar-refractivity contribution in [2.45, 2.75) is 154 Å². The van der Waals surface area contributed by atoms with E-state index in [1.165, 1.54) is 0 Å². The highest BCUT2D eigenvalue weighted by Crippen LogP contribution is 2.49. The van der Waals surface area contributed by atoms with Gasteiger partial charge in [0.2, 0.25) is 0 Å². The van der Waals surface area contributed by atoms with Crippen LogP contribution in [0.4, 0.5) is 0 Å². The van der Waals surface area contributed by atoms with E-state index in [-0.39, 0.29) is 46.3 Å². The molecule has 0 aliphatic heterocycles. The van der Waals surface area contributed by atoms with Crippen LogP contribution in [0.2, 0.25) is 36.3 Å². The summed E-state index contributed by atoms with van der Waals surface area (Å²) in [5.41, 5.74) is 0.544. The van der Waals surface area contributed by atoms with Gasteiger partial charge in [0.05, 0.1) is 12.2 Å². The van der Waals surface area contributed by atoms with E-state index in [1.807, 2.05) is 18.2 Å². The minimum absolute atomic E-state index is 0.0247. The zero-order valence-corrected chi connectivity index (χ0v) is 30.2. The molecule has 1 aliphatic carbocycles. The minimum atomic E-state index is -2.09. The molecule has 0 radical (unpaired) electrons. The molecule has 0 aromatic heterocycles. The fraction of sp³-hybridized carbons (Fsp3) is 0.765. The highest BCUT2D eigenvalue weighted by Gasteiger charge is 2.51. The fourth-order valence-electron chi connectivity index (χ4n) is 5.60. The van der Waals surface area contributed by atoms with Crippen molar-refractivity contribution in [2.24, 2.45) is 11.8 Å². The summed E-state index contributed by atoms with van der Waals surface area (Å²) < 4.78 is 14.3. The number of benzene rings is 1. The van der Waals surface area contributed by atoms with E-state index in [9.17, 15) is 14.7 Å². The molecule has 8 heteroatoms. The number of ketones is 1. The van der Waals surface area contributed by atoms with Crippen molar-refractivity contribution in [3.05, 3.63) is 35.9 Å². The molecule has 0 amide bonds. The normalized spacial score (nSPS) is 22.7. The van der Waals surface area contributed by atoms with Crippen molar-refractivity contribution in [1.82, 2.24) is 0 Å². The van der Waals surface area contributed by atoms with Crippen LogP contribution in [-0.2, 0) is 13.6 Å². The zero-order valence-electron chi connectivity index (χ0n) is 28.2. The lowest BCUT2D eigenvalue weighted by molar-refractivity contribution is -0.137. The summed E-state index contributed by atoms with van der Waals surface area (Å²) in [6.45, 7) is 22.9. The van der Waals surface area contributed by atoms with Crippen LogP contribution in [0, 0.1) is 11.8 Å². The number of carboxylic acid groups (broad SMARTS) is 1. The van der Waals surface area contributed by atoms with E-state index < -0.39 is 28.7 Å². The Morgan fingerprint density at radius 3 is 1.76 bits per heavy atom. The lowest BCUT2D eigenvalue weighted by Crippen LogP contribution is -2.45. The van der Waals surface area contributed by atoms with Crippen LogP contribution < -0.4 is 0 Å². The molecule has 1 aromatic rings. The Hall–Kier alpha value is -1.33. The van der Waals surface area contributed by atoms with Crippen molar-refractivity contribution in [2.75, 3.05) is 0 Å². The maximum absolute atomic E-state index is 13.0. The molecule has 2 rings (SSSR count). The molecular weight excluding hydrogens is 561 g/mol. The second-order valence-corrected chi connectivity index (χ2v) is 25.1. The van der Waals surface area contributed by atoms with Gasteiger partial charge in [0.25, 0.3) is 0 Å². The Labute approximate surface area is 258 Å². The Bertz CT molecular complexity index is 996. The van der Waals surface area contributed by atoms with Gasteiger partial charge in [0, 0.05) is 12.0 Å². The number of aliphatic hydroxyl groups is 1. The van der Waals surface area contributed by atoms with Gasteiger partial charge < -0.3 is 19.1 Å². The fourth-order valence-corrected chi connectivity index (χ4v) is 8.36. The molecule has 6 nitrogen and oxygen atoms in total. The van der Waals surface area contributed by atoms with Gasteiger partial charge in [0.1, 0.15) is 6.10 Å². The first-order valence-corrected chi connectivity index (χ1v) is 21.9. The topological polar surface area (TPSA) is 93.1 Å². The molecule has 1 fully saturated rings. The molecule has 0 heterocycles. The van der Waals surface area contributed by atoms with Gasteiger partial charge in [-0.25, -0.2) is 0 Å². The van der Waals surface area contributed by atoms with Gasteiger partial charge in [-0.05, 0) is 80.2 Å². The van der Waals surface area contributed by atoms with Crippen LogP contribution in [0.1, 0.15) is 110 Å². The largest absolute Gasteiger partial charge is 0.481 e. The molecule has 240 valence electrons. The second-order valence-electron chi connectivity index (χ2n) is 15.6. The van der Waals surface area contributed by atoms with Crippen LogP contribution in [0.5, 0.6) is 0 Å². The molecule has 1 aromatic carbocycles. The van der Waals surface area contributed by atoms with Crippen molar-refractivity contribution >= 4 is 28.4 Å². The molecule has 42 heavy (non-hydrogen) atoms. The quantitative estimate of drug-likeness (QED) is 0.109. The molecular formula is C34H60O6Si2. The van der Waals surface area contributed by atoms with Gasteiger partial charge in [-0.2, -0.15) is 0 Å². The number of aliphatic hydroxyl groups excluding tert-OH is 1. The summed E-state index contributed by atoms with van der Waals surface area (Å²) in [6, 6.07) is 9.06. The van der Waals surface area contributed by atoms with E-state index >= 15 is 0 Å². The molecule has 0 bridgehead atoms. The smallest absolute Gasteiger partial charge is 0.303 e. The van der Waals surface area contributed by atoms with Crippen molar-refractivity contribution in [3.8, 4) is 0 Å². The predicted molar refractivity (Wildman–Crippen MR) is 177 cm³/mol. The van der Waals surface area contributed by atoms with E-state index in [1.54, 1.807) is 12.1 Å². The Balaban J connectivity index is 2.33. The van der Waals surface area contributed by atoms with E-state index in [0.29, 0.717) is 24.8 Å². The summed E-state index contributed by atoms with van der Waals surface area (Å²) in [6.07, 6.45) is 5.83. The maximum atomic E-state index is 13.0. The number of hydrogen-bond acceptors (Lipinski definition) is 5. The summed E-state index contributed by atoms with van der Waals surface area (Å²) in [5, 5.41) is 20.2. The second kappa shape index (κ2) is 15.1. The predicted octanol–water partition coefficient (Wildman–Crippen LogP) is 8.85. The number of aliphatic carboxylic acids is 1. The Morgan fingerprint density at radius 2 is 1.29 bits per heavy atom. The molecule has 1 aliphatic rings. The summed E-state index contributed by atoms with van der Waals surface area (Å²) >= 11 is 0. The minimum Gasteiger partial charge on any atom is -0.481 e. The molecule has 2 unspecified atom stereocenters. The summed E-state index contributed by atoms with van der Waals surface area (Å²) in [4.78, 5) is 24.0. The first-order valence-electron chi connectivity index (χ1n) is 16.1. The van der Waals surface area contributed by atoms with Crippen molar-refractivity contribution in [3.63, 3.8) is 0 Å². The number of unbranched alkanes of at least 4 members (excludes halogenated alkanes) is 3. The number of carbonyl (C=O) groups excluding carboxylic acids is 1. The lowest BCUT2D eigenvalue weighted by Gasteiger charge is -2.40. The third-order valence-electron chi connectivity index (χ3n) is 10.3. The van der Waals surface area contributed by atoms with Crippen LogP contribution in [0.15, 0.2) is 30.3 Å². The van der Waals surface area contributed by atoms with Gasteiger partial charge in [-0.15, -0.1) is 0 Å². The number of carboxylic acids is 1. The van der Waals surface area contributed by atoms with E-state index in [0.717, 1.165) is 32.1 Å². The maximum Gasteiger partial charge on any atom is 0.303 e. The van der Waals surface area contributed by atoms with Crippen molar-refractivity contribution < 1.29 is 28.7 Å². The van der Waals surface area contributed by atoms with Crippen molar-refractivity contribution in [1.29, 1.82) is 0 Å². The number of hydrogen-bond donors (Lipinski definition) is 2. The first-order chi connectivity index (χ1) is 19.3. The van der Waals surface area contributed by atoms with E-state index in [4.69, 9.17) is 14.0 Å². The third-order valence-corrected chi connectivity index (χ3v) is 19.3. The number of rotatable bonds is 16. The number of Topliss-reactive ketones (excluding diaryl/α,β-unsaturated/α-hetero) is 1. The highest BCUT2D eigenvalue weighted by atomic mass is 28.4. The van der Waals surface area contributed by atoms with Crippen LogP contribution in [-0.4, -0.2) is 56.9 Å². The highest BCUT2D eigenvalue weighted by molar-refractivity contribution is 6.74. The Morgan fingerprint density at radius 1 is 0.810 bits per heavy atom.